The summed E-state index contributed by atoms with van der Waals surface area (Å²) >= 11 is 3.04. The number of non-ortho nitro benzene ring substituents is 1. The van der Waals surface area contributed by atoms with Crippen LogP contribution < -0.4 is 20.2 Å². The lowest BCUT2D eigenvalue weighted by molar-refractivity contribution is -0.385. The van der Waals surface area contributed by atoms with E-state index in [-0.39, 0.29) is 27.2 Å². The number of nitro groups is 1. The Morgan fingerprint density at radius 3 is 2.43 bits per heavy atom. The van der Waals surface area contributed by atoms with Crippen molar-refractivity contribution in [3.8, 4) is 17.2 Å². The molecular weight excluding hydrogens is 548 g/mol. The standard InChI is InChI=1S/C25H21BrN4O7/c1-36-19-9-8-16(22(13-19)37-2)11-21(28-24(32)15-6-4-3-5-7-15)25(33)29-27-14-17-10-18(30(34)35)12-20(26)23(17)31/h3-14,31H,1-2H3,(H,28,32)(H,29,33). The van der Waals surface area contributed by atoms with E-state index in [4.69, 9.17) is 9.47 Å². The number of benzene rings is 3. The van der Waals surface area contributed by atoms with Crippen LogP contribution in [0.25, 0.3) is 6.08 Å². The molecule has 0 radical (unpaired) electrons. The monoisotopic (exact) mass is 568 g/mol. The molecule has 0 saturated carbocycles. The zero-order valence-corrected chi connectivity index (χ0v) is 21.2. The summed E-state index contributed by atoms with van der Waals surface area (Å²) in [5, 5.41) is 27.6. The van der Waals surface area contributed by atoms with Crippen molar-refractivity contribution in [1.29, 1.82) is 0 Å². The van der Waals surface area contributed by atoms with E-state index in [1.807, 2.05) is 0 Å². The Morgan fingerprint density at radius 2 is 1.78 bits per heavy atom. The second-order valence-electron chi connectivity index (χ2n) is 7.31. The predicted molar refractivity (Wildman–Crippen MR) is 140 cm³/mol. The average Bonchev–Trinajstić information content (AvgIpc) is 2.90. The van der Waals surface area contributed by atoms with Gasteiger partial charge >= 0.3 is 0 Å². The number of amides is 2. The first-order valence-corrected chi connectivity index (χ1v) is 11.3. The van der Waals surface area contributed by atoms with Crippen molar-refractivity contribution in [1.82, 2.24) is 10.7 Å². The molecule has 0 fully saturated rings. The Balaban J connectivity index is 1.92. The number of nitrogens with zero attached hydrogens (tertiary/aromatic N) is 2. The van der Waals surface area contributed by atoms with E-state index in [9.17, 15) is 24.8 Å². The van der Waals surface area contributed by atoms with Gasteiger partial charge in [0.2, 0.25) is 0 Å². The number of hydrogen-bond donors (Lipinski definition) is 3. The Hall–Kier alpha value is -4.71. The van der Waals surface area contributed by atoms with Crippen LogP contribution in [0.4, 0.5) is 5.69 Å². The number of hydrogen-bond acceptors (Lipinski definition) is 8. The van der Waals surface area contributed by atoms with Crippen LogP contribution in [0.5, 0.6) is 17.2 Å². The summed E-state index contributed by atoms with van der Waals surface area (Å²) in [6.07, 6.45) is 2.43. The van der Waals surface area contributed by atoms with Crippen LogP contribution in [-0.2, 0) is 4.79 Å². The van der Waals surface area contributed by atoms with Crippen molar-refractivity contribution in [3.05, 3.63) is 97.6 Å². The fourth-order valence-electron chi connectivity index (χ4n) is 3.07. The van der Waals surface area contributed by atoms with Gasteiger partial charge in [-0.15, -0.1) is 0 Å². The third-order valence-electron chi connectivity index (χ3n) is 4.93. The molecule has 0 unspecified atom stereocenters. The summed E-state index contributed by atoms with van der Waals surface area (Å²) in [5.41, 5.74) is 2.55. The molecule has 12 heteroatoms. The zero-order chi connectivity index (χ0) is 26.9. The first kappa shape index (κ1) is 26.9. The molecule has 0 atom stereocenters. The Bertz CT molecular complexity index is 1390. The summed E-state index contributed by atoms with van der Waals surface area (Å²) < 4.78 is 10.6. The largest absolute Gasteiger partial charge is 0.506 e. The zero-order valence-electron chi connectivity index (χ0n) is 19.6. The molecular formula is C25H21BrN4O7. The molecule has 0 heterocycles. The SMILES string of the molecule is COc1ccc(C=C(NC(=O)c2ccccc2)C(=O)NN=Cc2cc([N+](=O)[O-])cc(Br)c2O)c(OC)c1. The van der Waals surface area contributed by atoms with Crippen LogP contribution in [-0.4, -0.2) is 42.3 Å². The number of nitro benzene ring substituents is 1. The number of rotatable bonds is 9. The fraction of sp³-hybridized carbons (Fsp3) is 0.0800. The fourth-order valence-corrected chi connectivity index (χ4v) is 3.53. The smallest absolute Gasteiger partial charge is 0.287 e. The quantitative estimate of drug-likeness (QED) is 0.152. The number of phenolic OH excluding ortho intramolecular Hbond substituents is 1. The van der Waals surface area contributed by atoms with E-state index < -0.39 is 16.7 Å². The minimum atomic E-state index is -0.803. The van der Waals surface area contributed by atoms with Crippen LogP contribution in [0.1, 0.15) is 21.5 Å². The van der Waals surface area contributed by atoms with Crippen LogP contribution in [0.2, 0.25) is 0 Å². The number of ether oxygens (including phenoxy) is 2. The van der Waals surface area contributed by atoms with Gasteiger partial charge in [-0.05, 0) is 46.3 Å². The van der Waals surface area contributed by atoms with E-state index in [2.05, 4.69) is 31.8 Å². The summed E-state index contributed by atoms with van der Waals surface area (Å²) in [5.74, 6) is -0.741. The van der Waals surface area contributed by atoms with Crippen LogP contribution in [0, 0.1) is 10.1 Å². The van der Waals surface area contributed by atoms with Crippen LogP contribution >= 0.6 is 15.9 Å². The first-order chi connectivity index (χ1) is 17.7. The number of phenols is 1. The highest BCUT2D eigenvalue weighted by Crippen LogP contribution is 2.31. The highest BCUT2D eigenvalue weighted by Gasteiger charge is 2.17. The minimum Gasteiger partial charge on any atom is -0.506 e. The average molecular weight is 569 g/mol. The number of methoxy groups -OCH3 is 2. The van der Waals surface area contributed by atoms with Gasteiger partial charge < -0.3 is 19.9 Å². The maximum atomic E-state index is 13.0. The van der Waals surface area contributed by atoms with Crippen molar-refractivity contribution in [2.75, 3.05) is 14.2 Å². The second kappa shape index (κ2) is 12.3. The number of carbonyl (C=O) groups is 2. The van der Waals surface area contributed by atoms with Crippen molar-refractivity contribution in [2.24, 2.45) is 5.10 Å². The molecule has 0 aliphatic carbocycles. The highest BCUT2D eigenvalue weighted by atomic mass is 79.9. The topological polar surface area (TPSA) is 152 Å². The molecule has 37 heavy (non-hydrogen) atoms. The highest BCUT2D eigenvalue weighted by molar-refractivity contribution is 9.10. The van der Waals surface area contributed by atoms with E-state index in [0.29, 0.717) is 22.6 Å². The molecule has 0 aliphatic rings. The third kappa shape index (κ3) is 6.92. The van der Waals surface area contributed by atoms with Gasteiger partial charge in [-0.25, -0.2) is 5.43 Å². The van der Waals surface area contributed by atoms with Gasteiger partial charge in [0, 0.05) is 34.9 Å². The summed E-state index contributed by atoms with van der Waals surface area (Å²) in [4.78, 5) is 36.2. The van der Waals surface area contributed by atoms with Crippen LogP contribution in [0.3, 0.4) is 0 Å². The summed E-state index contributed by atoms with van der Waals surface area (Å²) in [7, 11) is 2.95. The van der Waals surface area contributed by atoms with Gasteiger partial charge in [-0.1, -0.05) is 18.2 Å². The molecule has 0 aliphatic heterocycles. The molecule has 0 aromatic heterocycles. The second-order valence-corrected chi connectivity index (χ2v) is 8.16. The number of aromatic hydroxyl groups is 1. The molecule has 3 rings (SSSR count). The summed E-state index contributed by atoms with van der Waals surface area (Å²) in [6.45, 7) is 0. The van der Waals surface area contributed by atoms with Gasteiger partial charge in [0.1, 0.15) is 22.9 Å². The molecule has 3 N–H and O–H groups in total. The molecule has 0 bridgehead atoms. The van der Waals surface area contributed by atoms with Crippen molar-refractivity contribution >= 4 is 45.7 Å². The van der Waals surface area contributed by atoms with E-state index in [1.54, 1.807) is 48.5 Å². The Kier molecular flexibility index (Phi) is 8.95. The number of halogens is 1. The molecule has 0 saturated heterocycles. The first-order valence-electron chi connectivity index (χ1n) is 10.5. The molecule has 11 nitrogen and oxygen atoms in total. The number of nitrogens with one attached hydrogen (secondary N) is 2. The van der Waals surface area contributed by atoms with Crippen molar-refractivity contribution < 1.29 is 29.1 Å². The Labute approximate surface area is 219 Å². The van der Waals surface area contributed by atoms with Crippen molar-refractivity contribution in [3.63, 3.8) is 0 Å². The maximum Gasteiger partial charge on any atom is 0.287 e. The lowest BCUT2D eigenvalue weighted by atomic mass is 10.1. The molecule has 0 spiro atoms. The third-order valence-corrected chi connectivity index (χ3v) is 5.53. The van der Waals surface area contributed by atoms with Gasteiger partial charge in [-0.3, -0.25) is 19.7 Å². The van der Waals surface area contributed by atoms with E-state index >= 15 is 0 Å². The van der Waals surface area contributed by atoms with Crippen molar-refractivity contribution in [2.45, 2.75) is 0 Å². The number of hydrazone groups is 1. The lowest BCUT2D eigenvalue weighted by Gasteiger charge is -2.11. The lowest BCUT2D eigenvalue weighted by Crippen LogP contribution is -2.32. The van der Waals surface area contributed by atoms with Gasteiger partial charge in [0.15, 0.2) is 0 Å². The normalized spacial score (nSPS) is 11.2. The maximum absolute atomic E-state index is 13.0. The van der Waals surface area contributed by atoms with Crippen LogP contribution in [0.15, 0.2) is 75.9 Å². The minimum absolute atomic E-state index is 0.0166. The Morgan fingerprint density at radius 1 is 1.05 bits per heavy atom. The van der Waals surface area contributed by atoms with E-state index in [1.165, 1.54) is 20.3 Å². The molecule has 3 aromatic carbocycles. The molecule has 190 valence electrons. The molecule has 3 aromatic rings. The van der Waals surface area contributed by atoms with Gasteiger partial charge in [-0.2, -0.15) is 5.10 Å². The van der Waals surface area contributed by atoms with Gasteiger partial charge in [0.25, 0.3) is 17.5 Å². The van der Waals surface area contributed by atoms with Gasteiger partial charge in [0.05, 0.1) is 29.8 Å². The predicted octanol–water partition coefficient (Wildman–Crippen LogP) is 4.00. The number of carbonyl (C=O) groups excluding carboxylic acids is 2. The van der Waals surface area contributed by atoms with E-state index in [0.717, 1.165) is 18.3 Å². The molecule has 2 amide bonds. The summed E-state index contributed by atoms with van der Waals surface area (Å²) in [6, 6.07) is 15.4.